The minimum atomic E-state index is -1.61. The Morgan fingerprint density at radius 1 is 1.11 bits per heavy atom. The quantitative estimate of drug-likeness (QED) is 0.400. The third-order valence-electron chi connectivity index (χ3n) is 4.06. The van der Waals surface area contributed by atoms with Crippen LogP contribution in [0.4, 0.5) is 17.6 Å². The van der Waals surface area contributed by atoms with Crippen molar-refractivity contribution in [3.8, 4) is 11.4 Å². The number of nitrogens with one attached hydrogen (secondary N) is 1. The van der Waals surface area contributed by atoms with Crippen molar-refractivity contribution in [2.45, 2.75) is 13.8 Å². The fraction of sp³-hybridized carbons (Fsp3) is 0.158. The van der Waals surface area contributed by atoms with E-state index in [9.17, 15) is 22.4 Å². The number of hydrogen-bond acceptors (Lipinski definition) is 3. The van der Waals surface area contributed by atoms with Crippen LogP contribution in [0.2, 0.25) is 0 Å². The number of hydrogen-bond donors (Lipinski definition) is 1. The number of aromatic nitrogens is 2. The van der Waals surface area contributed by atoms with E-state index in [-0.39, 0.29) is 22.2 Å². The summed E-state index contributed by atoms with van der Waals surface area (Å²) in [7, 11) is 1.17. The lowest BCUT2D eigenvalue weighted by molar-refractivity contribution is 0.0602. The summed E-state index contributed by atoms with van der Waals surface area (Å²) in [6.45, 7) is 6.25. The minimum absolute atomic E-state index is 0.0512. The topological polar surface area (TPSA) is 55.0 Å². The lowest BCUT2D eigenvalue weighted by Gasteiger charge is -2.10. The van der Waals surface area contributed by atoms with Crippen LogP contribution in [0, 0.1) is 30.2 Å². The number of H-pyrrole nitrogens is 1. The van der Waals surface area contributed by atoms with Crippen molar-refractivity contribution in [1.29, 1.82) is 0 Å². The second-order valence-electron chi connectivity index (χ2n) is 6.07. The molecule has 0 aliphatic rings. The van der Waals surface area contributed by atoms with Crippen LogP contribution in [0.5, 0.6) is 0 Å². The highest BCUT2D eigenvalue weighted by Crippen LogP contribution is 2.34. The van der Waals surface area contributed by atoms with Crippen LogP contribution < -0.4 is 0 Å². The van der Waals surface area contributed by atoms with E-state index in [4.69, 9.17) is 0 Å². The number of fused-ring (bicyclic) bond motifs is 1. The average Bonchev–Trinajstić information content (AvgIpc) is 3.01. The van der Waals surface area contributed by atoms with Crippen LogP contribution in [0.25, 0.3) is 28.0 Å². The van der Waals surface area contributed by atoms with E-state index in [1.54, 1.807) is 13.0 Å². The van der Waals surface area contributed by atoms with Crippen LogP contribution in [0.1, 0.15) is 28.4 Å². The molecule has 1 heterocycles. The highest BCUT2D eigenvalue weighted by Gasteiger charge is 2.28. The largest absolute Gasteiger partial charge is 0.465 e. The van der Waals surface area contributed by atoms with Crippen molar-refractivity contribution in [3.63, 3.8) is 0 Å². The summed E-state index contributed by atoms with van der Waals surface area (Å²) >= 11 is 0. The summed E-state index contributed by atoms with van der Waals surface area (Å²) in [5.74, 6) is -7.52. The number of ether oxygens (including phenoxy) is 1. The molecule has 0 atom stereocenters. The first kappa shape index (κ1) is 18.6. The van der Waals surface area contributed by atoms with E-state index in [1.165, 1.54) is 20.1 Å². The normalized spacial score (nSPS) is 11.1. The maximum atomic E-state index is 14.5. The number of benzene rings is 2. The predicted octanol–water partition coefficient (Wildman–Crippen LogP) is 4.91. The number of methoxy groups -OCH3 is 1. The molecular weight excluding hydrogens is 364 g/mol. The fourth-order valence-corrected chi connectivity index (χ4v) is 2.86. The molecule has 2 aromatic carbocycles. The Balaban J connectivity index is 2.34. The summed E-state index contributed by atoms with van der Waals surface area (Å²) in [6, 6.07) is 3.06. The zero-order chi connectivity index (χ0) is 20.0. The SMILES string of the molecule is C=C(C)c1c(F)c(F)c(-c2nc3c(C(=O)OC)cc(C)cc3[nH]2)c(F)c1F. The highest BCUT2D eigenvalue weighted by molar-refractivity contribution is 6.03. The molecule has 3 rings (SSSR count). The second-order valence-corrected chi connectivity index (χ2v) is 6.07. The van der Waals surface area contributed by atoms with Gasteiger partial charge in [-0.2, -0.15) is 0 Å². The van der Waals surface area contributed by atoms with Crippen LogP contribution in [-0.2, 0) is 4.74 Å². The molecule has 0 aliphatic heterocycles. The Hall–Kier alpha value is -3.16. The Morgan fingerprint density at radius 2 is 1.70 bits per heavy atom. The predicted molar refractivity (Wildman–Crippen MR) is 92.1 cm³/mol. The molecule has 1 N–H and O–H groups in total. The van der Waals surface area contributed by atoms with Crippen LogP contribution in [-0.4, -0.2) is 23.0 Å². The second kappa shape index (κ2) is 6.53. The molecule has 0 radical (unpaired) electrons. The third-order valence-corrected chi connectivity index (χ3v) is 4.06. The zero-order valence-electron chi connectivity index (χ0n) is 14.6. The number of rotatable bonds is 3. The van der Waals surface area contributed by atoms with Gasteiger partial charge in [0.1, 0.15) is 11.3 Å². The van der Waals surface area contributed by atoms with Gasteiger partial charge < -0.3 is 9.72 Å². The van der Waals surface area contributed by atoms with E-state index >= 15 is 0 Å². The summed E-state index contributed by atoms with van der Waals surface area (Å²) in [5, 5.41) is 0. The number of imidazole rings is 1. The number of carbonyl (C=O) groups excluding carboxylic acids is 1. The molecule has 0 aliphatic carbocycles. The lowest BCUT2D eigenvalue weighted by atomic mass is 10.0. The lowest BCUT2D eigenvalue weighted by Crippen LogP contribution is -2.05. The molecular formula is C19H14F4N2O2. The molecule has 1 aromatic heterocycles. The molecule has 0 saturated heterocycles. The number of halogens is 4. The van der Waals surface area contributed by atoms with E-state index in [2.05, 4.69) is 21.3 Å². The summed E-state index contributed by atoms with van der Waals surface area (Å²) < 4.78 is 62.2. The fourth-order valence-electron chi connectivity index (χ4n) is 2.86. The van der Waals surface area contributed by atoms with Gasteiger partial charge in [-0.05, 0) is 37.1 Å². The minimum Gasteiger partial charge on any atom is -0.465 e. The molecule has 0 fully saturated rings. The maximum absolute atomic E-state index is 14.5. The van der Waals surface area contributed by atoms with Crippen molar-refractivity contribution in [3.05, 3.63) is 58.7 Å². The molecule has 0 amide bonds. The van der Waals surface area contributed by atoms with Gasteiger partial charge in [-0.1, -0.05) is 6.58 Å². The van der Waals surface area contributed by atoms with E-state index < -0.39 is 46.2 Å². The van der Waals surface area contributed by atoms with Crippen LogP contribution >= 0.6 is 0 Å². The highest BCUT2D eigenvalue weighted by atomic mass is 19.2. The number of allylic oxidation sites excluding steroid dienone is 1. The van der Waals surface area contributed by atoms with Crippen LogP contribution in [0.15, 0.2) is 18.7 Å². The zero-order valence-corrected chi connectivity index (χ0v) is 14.6. The van der Waals surface area contributed by atoms with Gasteiger partial charge >= 0.3 is 5.97 Å². The van der Waals surface area contributed by atoms with Gasteiger partial charge in [-0.25, -0.2) is 27.3 Å². The van der Waals surface area contributed by atoms with Crippen molar-refractivity contribution in [2.75, 3.05) is 7.11 Å². The van der Waals surface area contributed by atoms with Gasteiger partial charge in [0, 0.05) is 0 Å². The number of aryl methyl sites for hydroxylation is 1. The summed E-state index contributed by atoms with van der Waals surface area (Å²) in [5.41, 5.74) is -1.01. The van der Waals surface area contributed by atoms with Gasteiger partial charge in [0.25, 0.3) is 0 Å². The first-order chi connectivity index (χ1) is 12.7. The first-order valence-electron chi connectivity index (χ1n) is 7.78. The Kier molecular flexibility index (Phi) is 4.51. The number of nitrogens with zero attached hydrogens (tertiary/aromatic N) is 1. The van der Waals surface area contributed by atoms with E-state index in [0.29, 0.717) is 5.56 Å². The number of aromatic amines is 1. The monoisotopic (exact) mass is 378 g/mol. The molecule has 140 valence electrons. The molecule has 0 bridgehead atoms. The Labute approximate surface area is 151 Å². The van der Waals surface area contributed by atoms with Crippen molar-refractivity contribution >= 4 is 22.6 Å². The molecule has 0 unspecified atom stereocenters. The number of esters is 1. The van der Waals surface area contributed by atoms with Gasteiger partial charge in [0.2, 0.25) is 0 Å². The van der Waals surface area contributed by atoms with Gasteiger partial charge in [-0.15, -0.1) is 0 Å². The first-order valence-corrected chi connectivity index (χ1v) is 7.78. The van der Waals surface area contributed by atoms with Gasteiger partial charge in [0.05, 0.1) is 29.3 Å². The van der Waals surface area contributed by atoms with Crippen molar-refractivity contribution in [1.82, 2.24) is 9.97 Å². The molecule has 0 spiro atoms. The van der Waals surface area contributed by atoms with Gasteiger partial charge in [0.15, 0.2) is 23.3 Å². The Bertz CT molecular complexity index is 1090. The third kappa shape index (κ3) is 2.87. The van der Waals surface area contributed by atoms with Gasteiger partial charge in [-0.3, -0.25) is 0 Å². The maximum Gasteiger partial charge on any atom is 0.340 e. The summed E-state index contributed by atoms with van der Waals surface area (Å²) in [4.78, 5) is 18.5. The Morgan fingerprint density at radius 3 is 2.22 bits per heavy atom. The summed E-state index contributed by atoms with van der Waals surface area (Å²) in [6.07, 6.45) is 0. The van der Waals surface area contributed by atoms with Crippen molar-refractivity contribution in [2.24, 2.45) is 0 Å². The molecule has 0 saturated carbocycles. The molecule has 27 heavy (non-hydrogen) atoms. The van der Waals surface area contributed by atoms with Crippen LogP contribution in [0.3, 0.4) is 0 Å². The molecule has 3 aromatic rings. The molecule has 4 nitrogen and oxygen atoms in total. The average molecular weight is 378 g/mol. The number of carbonyl (C=O) groups is 1. The van der Waals surface area contributed by atoms with Crippen molar-refractivity contribution < 1.29 is 27.1 Å². The standard InChI is InChI=1S/C19H14F4N2O2/c1-7(2)11-13(20)15(22)12(16(23)14(11)21)18-24-10-6-8(3)5-9(17(10)25-18)19(26)27-4/h5-6H,1H2,2-4H3,(H,24,25). The smallest absolute Gasteiger partial charge is 0.340 e. The van der Waals surface area contributed by atoms with E-state index in [0.717, 1.165) is 0 Å². The molecule has 8 heteroatoms. The van der Waals surface area contributed by atoms with E-state index in [1.807, 2.05) is 0 Å².